The molecule has 4 rings (SSSR count). The second-order valence-electron chi connectivity index (χ2n) is 5.64. The van der Waals surface area contributed by atoms with Crippen LogP contribution in [0.3, 0.4) is 0 Å². The quantitative estimate of drug-likeness (QED) is 0.338. The number of hydrogen-bond acceptors (Lipinski definition) is 7. The molecule has 6 nitrogen and oxygen atoms in total. The number of aromatic nitrogens is 3. The fourth-order valence-electron chi connectivity index (χ4n) is 2.33. The van der Waals surface area contributed by atoms with E-state index in [0.717, 1.165) is 22.0 Å². The first-order valence-electron chi connectivity index (χ1n) is 8.33. The number of nitrogens with zero attached hydrogens (tertiary/aromatic N) is 4. The number of benzene rings is 2. The molecule has 0 atom stereocenters. The Balaban J connectivity index is 1.35. The summed E-state index contributed by atoms with van der Waals surface area (Å²) in [4.78, 5) is 4.53. The zero-order chi connectivity index (χ0) is 19.2. The summed E-state index contributed by atoms with van der Waals surface area (Å²) in [5, 5.41) is 14.9. The largest absolute Gasteiger partial charge is 0.438 e. The number of hydrogen-bond donors (Lipinski definition) is 1. The van der Waals surface area contributed by atoms with Crippen LogP contribution in [0.4, 0.5) is 5.13 Å². The van der Waals surface area contributed by atoms with Crippen LogP contribution in [-0.2, 0) is 0 Å². The van der Waals surface area contributed by atoms with Crippen molar-refractivity contribution in [2.45, 2.75) is 0 Å². The summed E-state index contributed by atoms with van der Waals surface area (Å²) < 4.78 is 5.61. The minimum absolute atomic E-state index is 0.322. The molecule has 0 aliphatic rings. The predicted octanol–water partition coefficient (Wildman–Crippen LogP) is 5.49. The lowest BCUT2D eigenvalue weighted by Gasteiger charge is -2.03. The van der Waals surface area contributed by atoms with Crippen molar-refractivity contribution in [3.63, 3.8) is 0 Å². The van der Waals surface area contributed by atoms with Crippen molar-refractivity contribution in [3.05, 3.63) is 82.8 Å². The number of nitrogens with one attached hydrogen (secondary N) is 1. The molecule has 2 aromatic carbocycles. The first-order valence-corrected chi connectivity index (χ1v) is 9.59. The average molecular weight is 408 g/mol. The lowest BCUT2D eigenvalue weighted by Crippen LogP contribution is -1.92. The van der Waals surface area contributed by atoms with E-state index < -0.39 is 0 Å². The Morgan fingerprint density at radius 1 is 0.964 bits per heavy atom. The summed E-state index contributed by atoms with van der Waals surface area (Å²) in [6, 6.07) is 20.7. The maximum absolute atomic E-state index is 5.71. The van der Waals surface area contributed by atoms with Crippen LogP contribution in [-0.4, -0.2) is 21.4 Å². The molecule has 138 valence electrons. The Hall–Kier alpha value is -3.29. The molecule has 0 aliphatic carbocycles. The average Bonchev–Trinajstić information content (AvgIpc) is 3.21. The fourth-order valence-corrected chi connectivity index (χ4v) is 3.10. The maximum Gasteiger partial charge on any atom is 0.238 e. The van der Waals surface area contributed by atoms with Crippen molar-refractivity contribution < 1.29 is 4.74 Å². The van der Waals surface area contributed by atoms with Crippen LogP contribution >= 0.6 is 22.9 Å². The van der Waals surface area contributed by atoms with Crippen molar-refractivity contribution in [3.8, 4) is 22.9 Å². The summed E-state index contributed by atoms with van der Waals surface area (Å²) in [6.45, 7) is 0. The minimum atomic E-state index is 0.322. The fraction of sp³-hybridized carbons (Fsp3) is 0. The van der Waals surface area contributed by atoms with E-state index in [2.05, 4.69) is 25.7 Å². The van der Waals surface area contributed by atoms with Gasteiger partial charge in [0.05, 0.1) is 11.9 Å². The molecular formula is C20H14ClN5OS. The Morgan fingerprint density at radius 2 is 1.79 bits per heavy atom. The standard InChI is InChI=1S/C20H14ClN5OS/c21-18-10-11-19(25-24-18)27-16-8-6-14(7-9-16)12-22-26-20-23-17(13-28-20)15-4-2-1-3-5-15/h1-13H,(H,23,26). The van der Waals surface area contributed by atoms with Crippen molar-refractivity contribution >= 4 is 34.3 Å². The number of rotatable bonds is 6. The van der Waals surface area contributed by atoms with Gasteiger partial charge >= 0.3 is 0 Å². The summed E-state index contributed by atoms with van der Waals surface area (Å²) in [6.07, 6.45) is 1.72. The van der Waals surface area contributed by atoms with Gasteiger partial charge in [0, 0.05) is 17.0 Å². The number of ether oxygens (including phenoxy) is 1. The normalized spacial score (nSPS) is 10.9. The van der Waals surface area contributed by atoms with Crippen LogP contribution in [0.25, 0.3) is 11.3 Å². The van der Waals surface area contributed by atoms with E-state index in [1.165, 1.54) is 11.3 Å². The molecule has 0 fully saturated rings. The van der Waals surface area contributed by atoms with Gasteiger partial charge in [0.15, 0.2) is 5.15 Å². The van der Waals surface area contributed by atoms with E-state index in [1.807, 2.05) is 60.0 Å². The SMILES string of the molecule is Clc1ccc(Oc2ccc(C=NNc3nc(-c4ccccc4)cs3)cc2)nn1. The van der Waals surface area contributed by atoms with E-state index in [0.29, 0.717) is 16.8 Å². The lowest BCUT2D eigenvalue weighted by atomic mass is 10.2. The lowest BCUT2D eigenvalue weighted by molar-refractivity contribution is 0.455. The van der Waals surface area contributed by atoms with Gasteiger partial charge in [-0.2, -0.15) is 5.10 Å². The molecule has 0 aliphatic heterocycles. The monoisotopic (exact) mass is 407 g/mol. The Kier molecular flexibility index (Phi) is 5.56. The molecule has 2 heterocycles. The molecule has 4 aromatic rings. The van der Waals surface area contributed by atoms with Crippen LogP contribution in [0.1, 0.15) is 5.56 Å². The van der Waals surface area contributed by atoms with Gasteiger partial charge in [0.2, 0.25) is 11.0 Å². The van der Waals surface area contributed by atoms with E-state index in [4.69, 9.17) is 16.3 Å². The van der Waals surface area contributed by atoms with Gasteiger partial charge in [-0.25, -0.2) is 4.98 Å². The first-order chi connectivity index (χ1) is 13.8. The number of thiazole rings is 1. The third kappa shape index (κ3) is 4.70. The van der Waals surface area contributed by atoms with E-state index in [-0.39, 0.29) is 0 Å². The van der Waals surface area contributed by atoms with Gasteiger partial charge in [-0.3, -0.25) is 5.43 Å². The Labute approximate surface area is 170 Å². The van der Waals surface area contributed by atoms with Gasteiger partial charge in [0.25, 0.3) is 0 Å². The highest BCUT2D eigenvalue weighted by molar-refractivity contribution is 7.14. The van der Waals surface area contributed by atoms with Gasteiger partial charge in [-0.1, -0.05) is 41.9 Å². The van der Waals surface area contributed by atoms with Gasteiger partial charge < -0.3 is 4.74 Å². The Bertz CT molecular complexity index is 1070. The summed E-state index contributed by atoms with van der Waals surface area (Å²) >= 11 is 7.21. The highest BCUT2D eigenvalue weighted by atomic mass is 35.5. The zero-order valence-corrected chi connectivity index (χ0v) is 16.1. The van der Waals surface area contributed by atoms with Crippen LogP contribution in [0.5, 0.6) is 11.6 Å². The molecular weight excluding hydrogens is 394 g/mol. The van der Waals surface area contributed by atoms with E-state index in [9.17, 15) is 0 Å². The molecule has 1 N–H and O–H groups in total. The highest BCUT2D eigenvalue weighted by Crippen LogP contribution is 2.24. The van der Waals surface area contributed by atoms with E-state index in [1.54, 1.807) is 18.3 Å². The van der Waals surface area contributed by atoms with Crippen LogP contribution < -0.4 is 10.2 Å². The van der Waals surface area contributed by atoms with Crippen LogP contribution in [0, 0.1) is 0 Å². The maximum atomic E-state index is 5.71. The van der Waals surface area contributed by atoms with Crippen molar-refractivity contribution in [1.82, 2.24) is 15.2 Å². The Morgan fingerprint density at radius 3 is 2.54 bits per heavy atom. The molecule has 2 aromatic heterocycles. The molecule has 0 bridgehead atoms. The van der Waals surface area contributed by atoms with Crippen molar-refractivity contribution in [1.29, 1.82) is 0 Å². The number of hydrazone groups is 1. The summed E-state index contributed by atoms with van der Waals surface area (Å²) in [5.74, 6) is 1.03. The van der Waals surface area contributed by atoms with Gasteiger partial charge in [-0.15, -0.1) is 21.5 Å². The van der Waals surface area contributed by atoms with Crippen molar-refractivity contribution in [2.75, 3.05) is 5.43 Å². The van der Waals surface area contributed by atoms with E-state index >= 15 is 0 Å². The molecule has 8 heteroatoms. The third-order valence-corrected chi connectivity index (χ3v) is 4.61. The second kappa shape index (κ2) is 8.60. The molecule has 28 heavy (non-hydrogen) atoms. The topological polar surface area (TPSA) is 72.3 Å². The molecule has 0 saturated carbocycles. The van der Waals surface area contributed by atoms with Crippen molar-refractivity contribution in [2.24, 2.45) is 5.10 Å². The summed E-state index contributed by atoms with van der Waals surface area (Å²) in [7, 11) is 0. The predicted molar refractivity (Wildman–Crippen MR) is 112 cm³/mol. The second-order valence-corrected chi connectivity index (χ2v) is 6.88. The van der Waals surface area contributed by atoms with Gasteiger partial charge in [-0.05, 0) is 35.9 Å². The molecule has 0 spiro atoms. The third-order valence-electron chi connectivity index (χ3n) is 3.66. The minimum Gasteiger partial charge on any atom is -0.438 e. The number of anilines is 1. The molecule has 0 radical (unpaired) electrons. The van der Waals surface area contributed by atoms with Crippen LogP contribution in [0.2, 0.25) is 5.15 Å². The smallest absolute Gasteiger partial charge is 0.238 e. The first kappa shape index (κ1) is 18.1. The summed E-state index contributed by atoms with van der Waals surface area (Å²) in [5.41, 5.74) is 5.88. The molecule has 0 saturated heterocycles. The molecule has 0 unspecified atom stereocenters. The molecule has 0 amide bonds. The van der Waals surface area contributed by atoms with Crippen LogP contribution in [0.15, 0.2) is 77.2 Å². The highest BCUT2D eigenvalue weighted by Gasteiger charge is 2.03. The number of halogens is 1. The zero-order valence-electron chi connectivity index (χ0n) is 14.5. The van der Waals surface area contributed by atoms with Gasteiger partial charge in [0.1, 0.15) is 5.75 Å².